The Hall–Kier alpha value is -3.50. The van der Waals surface area contributed by atoms with Crippen LogP contribution in [0.4, 0.5) is 4.79 Å². The van der Waals surface area contributed by atoms with Crippen molar-refractivity contribution in [1.29, 1.82) is 0 Å². The molecule has 1 spiro atoms. The Labute approximate surface area is 426 Å². The number of thiazole rings is 1. The lowest BCUT2D eigenvalue weighted by Gasteiger charge is -2.39. The van der Waals surface area contributed by atoms with Gasteiger partial charge in [-0.3, -0.25) is 24.4 Å². The summed E-state index contributed by atoms with van der Waals surface area (Å²) in [4.78, 5) is 70.0. The number of likely N-dealkylation sites (tertiary alicyclic amines) is 1. The fourth-order valence-corrected chi connectivity index (χ4v) is 10.7. The summed E-state index contributed by atoms with van der Waals surface area (Å²) in [6.45, 7) is 15.8. The van der Waals surface area contributed by atoms with Crippen LogP contribution in [0, 0.1) is 16.7 Å². The summed E-state index contributed by atoms with van der Waals surface area (Å²) in [5.41, 5.74) is 9.40. The van der Waals surface area contributed by atoms with E-state index in [1.807, 2.05) is 32.2 Å². The Morgan fingerprint density at radius 2 is 1.82 bits per heavy atom. The first-order valence-corrected chi connectivity index (χ1v) is 23.2. The van der Waals surface area contributed by atoms with Crippen molar-refractivity contribution in [3.63, 3.8) is 0 Å². The number of rotatable bonds is 8. The second-order valence-electron chi connectivity index (χ2n) is 19.0. The van der Waals surface area contributed by atoms with Crippen molar-refractivity contribution in [2.24, 2.45) is 16.7 Å². The van der Waals surface area contributed by atoms with Crippen LogP contribution in [0.1, 0.15) is 83.2 Å². The maximum atomic E-state index is 14.6. The van der Waals surface area contributed by atoms with Gasteiger partial charge in [-0.15, -0.1) is 11.3 Å². The molecule has 20 heteroatoms. The average molecular weight is 1020 g/mol. The highest BCUT2D eigenvalue weighted by molar-refractivity contribution is 7.59. The Balaban J connectivity index is 0.00000245. The van der Waals surface area contributed by atoms with Gasteiger partial charge in [-0.05, 0) is 75.3 Å². The Morgan fingerprint density at radius 3 is 2.48 bits per heavy atom. The number of aryl methyl sites for hydroxylation is 1. The van der Waals surface area contributed by atoms with Gasteiger partial charge in [0.2, 0.25) is 5.91 Å². The molecule has 0 aliphatic carbocycles. The molecule has 3 fully saturated rings. The number of carbonyl (C=O) groups is 4. The largest absolute Gasteiger partial charge is 0.464 e. The minimum Gasteiger partial charge on any atom is -0.464 e. The van der Waals surface area contributed by atoms with Gasteiger partial charge in [0.05, 0.1) is 48.0 Å². The normalized spacial score (nSPS) is 20.8. The highest BCUT2D eigenvalue weighted by atomic mass is 32.1. The van der Waals surface area contributed by atoms with Gasteiger partial charge >= 0.3 is 12.0 Å². The van der Waals surface area contributed by atoms with Gasteiger partial charge in [-0.1, -0.05) is 33.8 Å². The first kappa shape index (κ1) is 56.1. The molecule has 6 bridgehead atoms. The Kier molecular flexibility index (Phi) is 19.2. The Morgan fingerprint density at radius 1 is 1.07 bits per heavy atom. The van der Waals surface area contributed by atoms with Crippen LogP contribution >= 0.6 is 65.3 Å². The summed E-state index contributed by atoms with van der Waals surface area (Å²) in [6, 6.07) is 7.60. The maximum absolute atomic E-state index is 14.6. The van der Waals surface area contributed by atoms with E-state index in [9.17, 15) is 19.2 Å². The van der Waals surface area contributed by atoms with Crippen molar-refractivity contribution in [2.45, 2.75) is 104 Å². The molecule has 0 unspecified atom stereocenters. The quantitative estimate of drug-likeness (QED) is 0.188. The zero-order valence-electron chi connectivity index (χ0n) is 39.9. The molecule has 1 aromatic carbocycles. The molecule has 370 valence electrons. The van der Waals surface area contributed by atoms with E-state index in [-0.39, 0.29) is 96.4 Å². The zero-order chi connectivity index (χ0) is 44.8. The number of carbonyl (C=O) groups excluding carboxylic acids is 4. The van der Waals surface area contributed by atoms with Crippen LogP contribution in [0.25, 0.3) is 33.4 Å². The molecule has 3 aromatic heterocycles. The van der Waals surface area contributed by atoms with Gasteiger partial charge < -0.3 is 33.9 Å². The number of amides is 4. The number of urea groups is 1. The fraction of sp³-hybridized carbons (Fsp3) is 0.574. The number of hydrogen-bond donors (Lipinski definition) is 2. The molecule has 7 heterocycles. The van der Waals surface area contributed by atoms with Crippen molar-refractivity contribution >= 4 is 100 Å². The summed E-state index contributed by atoms with van der Waals surface area (Å²) in [6.07, 6.45) is 4.17. The highest BCUT2D eigenvalue weighted by Gasteiger charge is 2.47. The number of benzene rings is 1. The number of aromatic nitrogens is 3. The first-order valence-electron chi connectivity index (χ1n) is 22.3. The minimum atomic E-state index is -1.04. The SMILES string of the molecule is CCn1c(-c2cccnc2[C@H](C)OC)c2c3cc(ccc31)-c1csc(n1)C[C@H](NC(=O)[C@H](C(C)C)N(C)C(=O)N1CCC3(COC3)C1)C(=O)N1CCC[C@H](N1)C(=O)OCC(C)(C)C2.S.S.S.S. The van der Waals surface area contributed by atoms with E-state index < -0.39 is 35.4 Å². The van der Waals surface area contributed by atoms with Gasteiger partial charge in [-0.2, -0.15) is 54.0 Å². The molecule has 15 nitrogen and oxygen atoms in total. The molecule has 67 heavy (non-hydrogen) atoms. The number of likely N-dealkylation sites (N-methyl/N-ethyl adjacent to an activating group) is 1. The second-order valence-corrected chi connectivity index (χ2v) is 20.0. The summed E-state index contributed by atoms with van der Waals surface area (Å²) in [5.74, 6) is -1.51. The fourth-order valence-electron chi connectivity index (χ4n) is 9.81. The minimum absolute atomic E-state index is 0. The molecule has 8 rings (SSSR count). The second kappa shape index (κ2) is 22.9. The van der Waals surface area contributed by atoms with Crippen LogP contribution < -0.4 is 10.7 Å². The number of methoxy groups -OCH3 is 1. The summed E-state index contributed by atoms with van der Waals surface area (Å²) < 4.78 is 19.7. The number of ether oxygens (including phenoxy) is 3. The van der Waals surface area contributed by atoms with Crippen molar-refractivity contribution in [1.82, 2.24) is 40.1 Å². The van der Waals surface area contributed by atoms with Crippen LogP contribution in [-0.2, 0) is 48.0 Å². The number of pyridine rings is 1. The first-order chi connectivity index (χ1) is 30.1. The standard InChI is InChI=1S/C47H62N8O7S.4H2S/c1-9-54-37-15-14-30-20-32(37)33(41(54)31-12-10-17-48-39(31)29(4)60-8)22-46(5,6)25-62-44(58)34-13-11-18-55(51-34)43(57)35(21-38-49-36(30)23-63-38)50-42(56)40(28(2)3)52(7)45(59)53-19-16-47(24-53)26-61-27-47;;;;/h10,12,14-15,17,20,23,28-29,34-35,40,51H,9,11,13,16,18-19,21-22,24-27H2,1-8H3,(H,50,56);4*1H2/t29-,34-,35-,40-;;;;/m0..../s1. The summed E-state index contributed by atoms with van der Waals surface area (Å²) in [7, 11) is 3.35. The van der Waals surface area contributed by atoms with Crippen LogP contribution in [-0.4, -0.2) is 125 Å². The lowest BCUT2D eigenvalue weighted by molar-refractivity contribution is -0.155. The van der Waals surface area contributed by atoms with E-state index in [1.54, 1.807) is 25.3 Å². The molecular formula is C47H70N8O7S5. The molecule has 0 radical (unpaired) electrons. The van der Waals surface area contributed by atoms with E-state index in [4.69, 9.17) is 24.2 Å². The maximum Gasteiger partial charge on any atom is 0.324 e. The summed E-state index contributed by atoms with van der Waals surface area (Å²) in [5, 5.41) is 8.22. The van der Waals surface area contributed by atoms with Crippen molar-refractivity contribution in [3.8, 4) is 22.5 Å². The number of hydrazine groups is 1. The van der Waals surface area contributed by atoms with Crippen LogP contribution in [0.5, 0.6) is 0 Å². The summed E-state index contributed by atoms with van der Waals surface area (Å²) >= 11 is 1.43. The lowest BCUT2D eigenvalue weighted by Crippen LogP contribution is -2.62. The van der Waals surface area contributed by atoms with E-state index in [1.165, 1.54) is 21.2 Å². The number of nitrogens with zero attached hydrogens (tertiary/aromatic N) is 6. The number of nitrogens with one attached hydrogen (secondary N) is 2. The van der Waals surface area contributed by atoms with Crippen LogP contribution in [0.15, 0.2) is 41.9 Å². The van der Waals surface area contributed by atoms with Gasteiger partial charge in [-0.25, -0.2) is 15.2 Å². The predicted molar refractivity (Wildman–Crippen MR) is 282 cm³/mol. The van der Waals surface area contributed by atoms with Crippen molar-refractivity contribution in [2.75, 3.05) is 53.6 Å². The number of hydrogen-bond acceptors (Lipinski definition) is 11. The number of esters is 1. The van der Waals surface area contributed by atoms with Gasteiger partial charge in [0.1, 0.15) is 18.1 Å². The van der Waals surface area contributed by atoms with Crippen LogP contribution in [0.2, 0.25) is 0 Å². The molecule has 4 aromatic rings. The highest BCUT2D eigenvalue weighted by Crippen LogP contribution is 2.42. The van der Waals surface area contributed by atoms with Gasteiger partial charge in [0.15, 0.2) is 0 Å². The van der Waals surface area contributed by atoms with Gasteiger partial charge in [0.25, 0.3) is 5.91 Å². The number of cyclic esters (lactones) is 1. The third kappa shape index (κ3) is 11.4. The molecule has 4 amide bonds. The topological polar surface area (TPSA) is 160 Å². The third-order valence-electron chi connectivity index (χ3n) is 13.3. The predicted octanol–water partition coefficient (Wildman–Crippen LogP) is 6.45. The third-order valence-corrected chi connectivity index (χ3v) is 14.2. The van der Waals surface area contributed by atoms with E-state index in [2.05, 4.69) is 60.3 Å². The van der Waals surface area contributed by atoms with Crippen LogP contribution in [0.3, 0.4) is 0 Å². The van der Waals surface area contributed by atoms with Crippen molar-refractivity contribution < 1.29 is 33.4 Å². The smallest absolute Gasteiger partial charge is 0.324 e. The van der Waals surface area contributed by atoms with Gasteiger partial charge in [0, 0.05) is 91.2 Å². The lowest BCUT2D eigenvalue weighted by atomic mass is 9.84. The molecule has 3 saturated heterocycles. The number of fused-ring (bicyclic) bond motifs is 6. The molecule has 0 saturated carbocycles. The van der Waals surface area contributed by atoms with Crippen molar-refractivity contribution in [3.05, 3.63) is 58.2 Å². The molecular weight excluding hydrogens is 949 g/mol. The molecule has 4 aliphatic rings. The molecule has 4 atom stereocenters. The molecule has 2 N–H and O–H groups in total. The van der Waals surface area contributed by atoms with E-state index >= 15 is 0 Å². The molecule has 4 aliphatic heterocycles. The average Bonchev–Trinajstić information content (AvgIpc) is 4.01. The monoisotopic (exact) mass is 1020 g/mol. The zero-order valence-corrected chi connectivity index (χ0v) is 44.7. The van der Waals surface area contributed by atoms with E-state index in [0.29, 0.717) is 63.7 Å². The van der Waals surface area contributed by atoms with E-state index in [0.717, 1.165) is 51.1 Å². The Bertz CT molecular complexity index is 2390.